The van der Waals surface area contributed by atoms with Crippen LogP contribution in [-0.2, 0) is 4.79 Å². The second-order valence-corrected chi connectivity index (χ2v) is 3.48. The number of nitriles is 2. The van der Waals surface area contributed by atoms with Crippen LogP contribution in [0.25, 0.3) is 0 Å². The van der Waals surface area contributed by atoms with Crippen molar-refractivity contribution in [1.82, 2.24) is 0 Å². The minimum Gasteiger partial charge on any atom is -0.326 e. The van der Waals surface area contributed by atoms with Gasteiger partial charge in [-0.05, 0) is 25.1 Å². The fraction of sp³-hybridized carbons (Fsp3) is 0.250. The molecule has 0 spiro atoms. The molecule has 1 atom stereocenters. The van der Waals surface area contributed by atoms with E-state index in [-0.39, 0.29) is 18.2 Å². The Bertz CT molecular complexity index is 468. The largest absolute Gasteiger partial charge is 0.326 e. The molecule has 0 aliphatic rings. The molecule has 0 aliphatic carbocycles. The number of benzene rings is 1. The molecule has 16 heavy (non-hydrogen) atoms. The second kappa shape index (κ2) is 5.53. The fourth-order valence-corrected chi connectivity index (χ4v) is 1.20. The molecule has 1 aromatic carbocycles. The maximum atomic E-state index is 11.4. The highest BCUT2D eigenvalue weighted by molar-refractivity contribution is 5.91. The third kappa shape index (κ3) is 3.43. The summed E-state index contributed by atoms with van der Waals surface area (Å²) in [5, 5.41) is 19.9. The van der Waals surface area contributed by atoms with Crippen LogP contribution in [0.5, 0.6) is 0 Å². The van der Waals surface area contributed by atoms with Crippen LogP contribution in [0.1, 0.15) is 18.9 Å². The van der Waals surface area contributed by atoms with Crippen molar-refractivity contribution in [3.05, 3.63) is 29.8 Å². The van der Waals surface area contributed by atoms with Gasteiger partial charge < -0.3 is 5.32 Å². The van der Waals surface area contributed by atoms with Gasteiger partial charge in [0.25, 0.3) is 0 Å². The molecule has 4 nitrogen and oxygen atoms in total. The normalized spacial score (nSPS) is 10.9. The minimum atomic E-state index is -0.306. The van der Waals surface area contributed by atoms with Crippen molar-refractivity contribution in [3.63, 3.8) is 0 Å². The van der Waals surface area contributed by atoms with Gasteiger partial charge in [-0.15, -0.1) is 0 Å². The van der Waals surface area contributed by atoms with Gasteiger partial charge in [-0.3, -0.25) is 4.79 Å². The molecule has 0 saturated carbocycles. The van der Waals surface area contributed by atoms with Crippen molar-refractivity contribution >= 4 is 11.6 Å². The van der Waals surface area contributed by atoms with E-state index in [9.17, 15) is 4.79 Å². The van der Waals surface area contributed by atoms with Crippen LogP contribution >= 0.6 is 0 Å². The van der Waals surface area contributed by atoms with Crippen molar-refractivity contribution in [2.75, 3.05) is 5.32 Å². The number of rotatable bonds is 3. The average molecular weight is 213 g/mol. The topological polar surface area (TPSA) is 76.7 Å². The Labute approximate surface area is 94.1 Å². The third-order valence-electron chi connectivity index (χ3n) is 1.99. The molecule has 0 aromatic heterocycles. The maximum Gasteiger partial charge on any atom is 0.225 e. The third-order valence-corrected chi connectivity index (χ3v) is 1.99. The average Bonchev–Trinajstić information content (AvgIpc) is 2.28. The highest BCUT2D eigenvalue weighted by Crippen LogP contribution is 2.11. The number of carbonyl (C=O) groups is 1. The molecule has 1 N–H and O–H groups in total. The summed E-state index contributed by atoms with van der Waals surface area (Å²) in [6, 6.07) is 10.6. The maximum absolute atomic E-state index is 11.4. The van der Waals surface area contributed by atoms with Crippen LogP contribution in [0, 0.1) is 28.6 Å². The SMILES string of the molecule is CC(C#N)CC(=O)Nc1cccc(C#N)c1. The molecule has 4 heteroatoms. The Morgan fingerprint density at radius 3 is 2.88 bits per heavy atom. The van der Waals surface area contributed by atoms with Crippen molar-refractivity contribution < 1.29 is 4.79 Å². The van der Waals surface area contributed by atoms with E-state index in [4.69, 9.17) is 10.5 Å². The van der Waals surface area contributed by atoms with E-state index in [0.717, 1.165) is 0 Å². The first-order valence-corrected chi connectivity index (χ1v) is 4.85. The Morgan fingerprint density at radius 1 is 1.50 bits per heavy atom. The summed E-state index contributed by atoms with van der Waals surface area (Å²) < 4.78 is 0. The molecule has 0 fully saturated rings. The van der Waals surface area contributed by atoms with Gasteiger partial charge in [0.05, 0.1) is 23.6 Å². The number of nitrogens with one attached hydrogen (secondary N) is 1. The summed E-state index contributed by atoms with van der Waals surface area (Å²) in [5.41, 5.74) is 1.07. The van der Waals surface area contributed by atoms with Gasteiger partial charge in [0, 0.05) is 12.1 Å². The van der Waals surface area contributed by atoms with E-state index in [2.05, 4.69) is 5.32 Å². The number of anilines is 1. The van der Waals surface area contributed by atoms with Crippen LogP contribution in [0.2, 0.25) is 0 Å². The number of amides is 1. The number of nitrogens with zero attached hydrogens (tertiary/aromatic N) is 2. The Hall–Kier alpha value is -2.33. The lowest BCUT2D eigenvalue weighted by atomic mass is 10.1. The highest BCUT2D eigenvalue weighted by Gasteiger charge is 2.08. The summed E-state index contributed by atoms with van der Waals surface area (Å²) in [4.78, 5) is 11.4. The van der Waals surface area contributed by atoms with Gasteiger partial charge in [-0.1, -0.05) is 6.07 Å². The van der Waals surface area contributed by atoms with Crippen LogP contribution in [0.3, 0.4) is 0 Å². The zero-order valence-electron chi connectivity index (χ0n) is 8.90. The molecule has 0 saturated heterocycles. The molecule has 0 heterocycles. The number of carbonyl (C=O) groups excluding carboxylic acids is 1. The zero-order valence-corrected chi connectivity index (χ0v) is 8.90. The Morgan fingerprint density at radius 2 is 2.25 bits per heavy atom. The molecule has 1 amide bonds. The Balaban J connectivity index is 2.64. The van der Waals surface area contributed by atoms with E-state index in [1.54, 1.807) is 31.2 Å². The standard InChI is InChI=1S/C12H11N3O/c1-9(7-13)5-12(16)15-11-4-2-3-10(6-11)8-14/h2-4,6,9H,5H2,1H3,(H,15,16). The van der Waals surface area contributed by atoms with Gasteiger partial charge >= 0.3 is 0 Å². The van der Waals surface area contributed by atoms with Crippen molar-refractivity contribution in [3.8, 4) is 12.1 Å². The zero-order chi connectivity index (χ0) is 12.0. The first-order valence-electron chi connectivity index (χ1n) is 4.85. The van der Waals surface area contributed by atoms with Gasteiger partial charge in [0.1, 0.15) is 0 Å². The fourth-order valence-electron chi connectivity index (χ4n) is 1.20. The predicted molar refractivity (Wildman–Crippen MR) is 59.2 cm³/mol. The van der Waals surface area contributed by atoms with Gasteiger partial charge in [0.2, 0.25) is 5.91 Å². The van der Waals surface area contributed by atoms with Crippen molar-refractivity contribution in [2.45, 2.75) is 13.3 Å². The molecule has 1 aromatic rings. The lowest BCUT2D eigenvalue weighted by Gasteiger charge is -2.05. The minimum absolute atomic E-state index is 0.160. The van der Waals surface area contributed by atoms with Crippen LogP contribution in [-0.4, -0.2) is 5.91 Å². The molecule has 1 unspecified atom stereocenters. The summed E-state index contributed by atoms with van der Waals surface area (Å²) in [6.07, 6.45) is 0.160. The smallest absolute Gasteiger partial charge is 0.225 e. The van der Waals surface area contributed by atoms with E-state index >= 15 is 0 Å². The highest BCUT2D eigenvalue weighted by atomic mass is 16.1. The first-order chi connectivity index (χ1) is 7.65. The van der Waals surface area contributed by atoms with Gasteiger partial charge in [0.15, 0.2) is 0 Å². The monoisotopic (exact) mass is 213 g/mol. The number of hydrogen-bond acceptors (Lipinski definition) is 3. The molecule has 1 rings (SSSR count). The first kappa shape index (κ1) is 11.7. The second-order valence-electron chi connectivity index (χ2n) is 3.48. The lowest BCUT2D eigenvalue weighted by molar-refractivity contribution is -0.116. The van der Waals surface area contributed by atoms with Gasteiger partial charge in [-0.2, -0.15) is 10.5 Å². The summed E-state index contributed by atoms with van der Waals surface area (Å²) in [7, 11) is 0. The molecule has 0 bridgehead atoms. The Kier molecular flexibility index (Phi) is 4.06. The van der Waals surface area contributed by atoms with E-state index < -0.39 is 0 Å². The van der Waals surface area contributed by atoms with E-state index in [1.807, 2.05) is 12.1 Å². The lowest BCUT2D eigenvalue weighted by Crippen LogP contribution is -2.14. The molecule has 80 valence electrons. The van der Waals surface area contributed by atoms with Crippen molar-refractivity contribution in [2.24, 2.45) is 5.92 Å². The van der Waals surface area contributed by atoms with Crippen LogP contribution in [0.15, 0.2) is 24.3 Å². The van der Waals surface area contributed by atoms with Gasteiger partial charge in [-0.25, -0.2) is 0 Å². The molecule has 0 aliphatic heterocycles. The molecular weight excluding hydrogens is 202 g/mol. The summed E-state index contributed by atoms with van der Waals surface area (Å²) >= 11 is 0. The molecule has 0 radical (unpaired) electrons. The van der Waals surface area contributed by atoms with Crippen molar-refractivity contribution in [1.29, 1.82) is 10.5 Å². The van der Waals surface area contributed by atoms with Crippen LogP contribution in [0.4, 0.5) is 5.69 Å². The number of hydrogen-bond donors (Lipinski definition) is 1. The molecular formula is C12H11N3O. The summed E-state index contributed by atoms with van der Waals surface area (Å²) in [6.45, 7) is 1.69. The predicted octanol–water partition coefficient (Wildman–Crippen LogP) is 2.05. The van der Waals surface area contributed by atoms with E-state index in [1.165, 1.54) is 0 Å². The van der Waals surface area contributed by atoms with E-state index in [0.29, 0.717) is 11.3 Å². The van der Waals surface area contributed by atoms with Crippen LogP contribution < -0.4 is 5.32 Å². The quantitative estimate of drug-likeness (QED) is 0.834. The summed E-state index contributed by atoms with van der Waals surface area (Å²) in [5.74, 6) is -0.525.